The summed E-state index contributed by atoms with van der Waals surface area (Å²) in [5, 5.41) is 2.82. The van der Waals surface area contributed by atoms with Gasteiger partial charge in [-0.15, -0.1) is 0 Å². The van der Waals surface area contributed by atoms with Crippen molar-refractivity contribution in [3.63, 3.8) is 0 Å². The average Bonchev–Trinajstić information content (AvgIpc) is 3.04. The first-order chi connectivity index (χ1) is 13.1. The normalized spacial score (nSPS) is 10.7. The molecule has 5 nitrogen and oxygen atoms in total. The number of nitrogens with zero attached hydrogens (tertiary/aromatic N) is 2. The standard InChI is InChI=1S/C22H17N3O2/c1-25-19-10-6-5-9-18(19)23-22(25)24-21(27)17-13-11-16(12-14-17)20(26)15-7-3-2-4-8-15/h2-14H,1H3,(H,23,24,27). The summed E-state index contributed by atoms with van der Waals surface area (Å²) in [5.74, 6) is 0.135. The smallest absolute Gasteiger partial charge is 0.257 e. The van der Waals surface area contributed by atoms with Crippen LogP contribution in [0.15, 0.2) is 78.9 Å². The number of hydrogen-bond donors (Lipinski definition) is 1. The molecule has 0 saturated heterocycles. The highest BCUT2D eigenvalue weighted by molar-refractivity contribution is 6.10. The van der Waals surface area contributed by atoms with Gasteiger partial charge in [0, 0.05) is 23.7 Å². The Hall–Kier alpha value is -3.73. The van der Waals surface area contributed by atoms with Crippen molar-refractivity contribution < 1.29 is 9.59 Å². The molecular weight excluding hydrogens is 338 g/mol. The van der Waals surface area contributed by atoms with Gasteiger partial charge in [0.25, 0.3) is 5.91 Å². The molecule has 0 atom stereocenters. The fraction of sp³-hybridized carbons (Fsp3) is 0.0455. The number of anilines is 1. The van der Waals surface area contributed by atoms with Crippen molar-refractivity contribution in [2.24, 2.45) is 7.05 Å². The van der Waals surface area contributed by atoms with Gasteiger partial charge in [-0.1, -0.05) is 54.6 Å². The number of carbonyl (C=O) groups is 2. The quantitative estimate of drug-likeness (QED) is 0.562. The third-order valence-corrected chi connectivity index (χ3v) is 4.46. The lowest BCUT2D eigenvalue weighted by molar-refractivity contribution is 0.101. The van der Waals surface area contributed by atoms with E-state index in [1.54, 1.807) is 36.4 Å². The first kappa shape index (κ1) is 16.7. The molecule has 0 unspecified atom stereocenters. The summed E-state index contributed by atoms with van der Waals surface area (Å²) < 4.78 is 1.83. The van der Waals surface area contributed by atoms with Gasteiger partial charge in [-0.25, -0.2) is 4.98 Å². The molecule has 1 aromatic heterocycles. The van der Waals surface area contributed by atoms with E-state index >= 15 is 0 Å². The molecule has 0 bridgehead atoms. The van der Waals surface area contributed by atoms with Gasteiger partial charge >= 0.3 is 0 Å². The van der Waals surface area contributed by atoms with Crippen molar-refractivity contribution in [1.29, 1.82) is 0 Å². The molecule has 3 aromatic carbocycles. The van der Waals surface area contributed by atoms with Gasteiger partial charge in [0.2, 0.25) is 5.95 Å². The molecule has 132 valence electrons. The largest absolute Gasteiger partial charge is 0.313 e. The van der Waals surface area contributed by atoms with Crippen molar-refractivity contribution in [3.05, 3.63) is 95.6 Å². The number of aryl methyl sites for hydroxylation is 1. The summed E-state index contributed by atoms with van der Waals surface area (Å²) in [5.41, 5.74) is 3.39. The number of hydrogen-bond acceptors (Lipinski definition) is 3. The zero-order valence-electron chi connectivity index (χ0n) is 14.7. The Kier molecular flexibility index (Phi) is 4.26. The van der Waals surface area contributed by atoms with Gasteiger partial charge in [-0.05, 0) is 24.3 Å². The van der Waals surface area contributed by atoms with Crippen LogP contribution < -0.4 is 5.32 Å². The zero-order chi connectivity index (χ0) is 18.8. The summed E-state index contributed by atoms with van der Waals surface area (Å²) in [6, 6.07) is 23.4. The second kappa shape index (κ2) is 6.88. The van der Waals surface area contributed by atoms with Crippen LogP contribution in [0, 0.1) is 0 Å². The van der Waals surface area contributed by atoms with Gasteiger partial charge in [-0.3, -0.25) is 14.9 Å². The number of amides is 1. The van der Waals surface area contributed by atoms with E-state index in [2.05, 4.69) is 10.3 Å². The molecule has 0 spiro atoms. The van der Waals surface area contributed by atoms with E-state index in [0.29, 0.717) is 22.6 Å². The molecule has 4 rings (SSSR count). The van der Waals surface area contributed by atoms with Crippen molar-refractivity contribution in [1.82, 2.24) is 9.55 Å². The SMILES string of the molecule is Cn1c(NC(=O)c2ccc(C(=O)c3ccccc3)cc2)nc2ccccc21. The van der Waals surface area contributed by atoms with E-state index in [1.807, 2.05) is 54.1 Å². The molecule has 1 N–H and O–H groups in total. The molecular formula is C22H17N3O2. The summed E-state index contributed by atoms with van der Waals surface area (Å²) in [4.78, 5) is 29.4. The van der Waals surface area contributed by atoms with Gasteiger partial charge < -0.3 is 4.57 Å². The molecule has 0 fully saturated rings. The fourth-order valence-electron chi connectivity index (χ4n) is 2.96. The molecule has 0 aliphatic carbocycles. The summed E-state index contributed by atoms with van der Waals surface area (Å²) in [7, 11) is 1.85. The molecule has 4 aromatic rings. The molecule has 0 aliphatic heterocycles. The number of fused-ring (bicyclic) bond motifs is 1. The monoisotopic (exact) mass is 355 g/mol. The van der Waals surface area contributed by atoms with Crippen LogP contribution in [-0.4, -0.2) is 21.2 Å². The van der Waals surface area contributed by atoms with E-state index in [4.69, 9.17) is 0 Å². The topological polar surface area (TPSA) is 64.0 Å². The average molecular weight is 355 g/mol. The van der Waals surface area contributed by atoms with Gasteiger partial charge in [0.1, 0.15) is 0 Å². The maximum absolute atomic E-state index is 12.5. The molecule has 1 heterocycles. The molecule has 0 radical (unpaired) electrons. The van der Waals surface area contributed by atoms with Crippen molar-refractivity contribution >= 4 is 28.7 Å². The fourth-order valence-corrected chi connectivity index (χ4v) is 2.96. The highest BCUT2D eigenvalue weighted by Gasteiger charge is 2.13. The number of carbonyl (C=O) groups excluding carboxylic acids is 2. The Morgan fingerprint density at radius 3 is 2.07 bits per heavy atom. The number of rotatable bonds is 4. The lowest BCUT2D eigenvalue weighted by Gasteiger charge is -2.06. The number of ketones is 1. The van der Waals surface area contributed by atoms with Crippen molar-refractivity contribution in [2.75, 3.05) is 5.32 Å². The zero-order valence-corrected chi connectivity index (χ0v) is 14.7. The minimum atomic E-state index is -0.271. The van der Waals surface area contributed by atoms with E-state index in [0.717, 1.165) is 11.0 Å². The number of para-hydroxylation sites is 2. The molecule has 5 heteroatoms. The first-order valence-corrected chi connectivity index (χ1v) is 8.56. The predicted molar refractivity (Wildman–Crippen MR) is 105 cm³/mol. The van der Waals surface area contributed by atoms with Crippen LogP contribution in [0.25, 0.3) is 11.0 Å². The lowest BCUT2D eigenvalue weighted by Crippen LogP contribution is -2.15. The number of benzene rings is 3. The third-order valence-electron chi connectivity index (χ3n) is 4.46. The van der Waals surface area contributed by atoms with Crippen LogP contribution >= 0.6 is 0 Å². The minimum Gasteiger partial charge on any atom is -0.313 e. The summed E-state index contributed by atoms with van der Waals surface area (Å²) in [6.07, 6.45) is 0. The maximum atomic E-state index is 12.5. The van der Waals surface area contributed by atoms with Crippen LogP contribution in [0.4, 0.5) is 5.95 Å². The maximum Gasteiger partial charge on any atom is 0.257 e. The van der Waals surface area contributed by atoms with Crippen LogP contribution in [-0.2, 0) is 7.05 Å². The lowest BCUT2D eigenvalue weighted by atomic mass is 10.0. The first-order valence-electron chi connectivity index (χ1n) is 8.56. The highest BCUT2D eigenvalue weighted by atomic mass is 16.2. The molecule has 0 saturated carbocycles. The second-order valence-corrected chi connectivity index (χ2v) is 6.21. The van der Waals surface area contributed by atoms with Crippen LogP contribution in [0.5, 0.6) is 0 Å². The molecule has 27 heavy (non-hydrogen) atoms. The van der Waals surface area contributed by atoms with Crippen LogP contribution in [0.1, 0.15) is 26.3 Å². The van der Waals surface area contributed by atoms with E-state index in [1.165, 1.54) is 0 Å². The Morgan fingerprint density at radius 2 is 1.37 bits per heavy atom. The highest BCUT2D eigenvalue weighted by Crippen LogP contribution is 2.18. The van der Waals surface area contributed by atoms with Gasteiger partial charge in [-0.2, -0.15) is 0 Å². The van der Waals surface area contributed by atoms with Crippen LogP contribution in [0.3, 0.4) is 0 Å². The second-order valence-electron chi connectivity index (χ2n) is 6.21. The number of aromatic nitrogens is 2. The van der Waals surface area contributed by atoms with E-state index in [-0.39, 0.29) is 11.7 Å². The van der Waals surface area contributed by atoms with E-state index < -0.39 is 0 Å². The van der Waals surface area contributed by atoms with Crippen molar-refractivity contribution in [2.45, 2.75) is 0 Å². The Labute approximate surface area is 156 Å². The third kappa shape index (κ3) is 3.22. The Balaban J connectivity index is 1.54. The number of imidazole rings is 1. The summed E-state index contributed by atoms with van der Waals surface area (Å²) in [6.45, 7) is 0. The van der Waals surface area contributed by atoms with Gasteiger partial charge in [0.15, 0.2) is 5.78 Å². The molecule has 1 amide bonds. The Bertz CT molecular complexity index is 1130. The Morgan fingerprint density at radius 1 is 0.778 bits per heavy atom. The summed E-state index contributed by atoms with van der Waals surface area (Å²) >= 11 is 0. The van der Waals surface area contributed by atoms with Crippen molar-refractivity contribution in [3.8, 4) is 0 Å². The van der Waals surface area contributed by atoms with E-state index in [9.17, 15) is 9.59 Å². The molecule has 0 aliphatic rings. The van der Waals surface area contributed by atoms with Gasteiger partial charge in [0.05, 0.1) is 11.0 Å². The number of nitrogens with one attached hydrogen (secondary N) is 1. The van der Waals surface area contributed by atoms with Crippen LogP contribution in [0.2, 0.25) is 0 Å². The predicted octanol–water partition coefficient (Wildman–Crippen LogP) is 4.06. The minimum absolute atomic E-state index is 0.0714.